The number of hydrogen-bond acceptors (Lipinski definition) is 2. The van der Waals surface area contributed by atoms with Crippen LogP contribution in [0.3, 0.4) is 0 Å². The number of ether oxygens (including phenoxy) is 1. The van der Waals surface area contributed by atoms with Gasteiger partial charge in [-0.15, -0.1) is 6.58 Å². The molecule has 0 fully saturated rings. The third-order valence-electron chi connectivity index (χ3n) is 3.94. The van der Waals surface area contributed by atoms with Crippen molar-refractivity contribution in [1.29, 1.82) is 0 Å². The molecular weight excluding hydrogens is 306 g/mol. The van der Waals surface area contributed by atoms with Crippen molar-refractivity contribution >= 4 is 23.3 Å². The first-order chi connectivity index (χ1) is 11.1. The van der Waals surface area contributed by atoms with Crippen molar-refractivity contribution in [2.24, 2.45) is 4.99 Å². The van der Waals surface area contributed by atoms with Gasteiger partial charge in [-0.2, -0.15) is 0 Å². The monoisotopic (exact) mass is 323 g/mol. The second-order valence-electron chi connectivity index (χ2n) is 5.62. The summed E-state index contributed by atoms with van der Waals surface area (Å²) < 4.78 is 6.08. The van der Waals surface area contributed by atoms with E-state index in [-0.39, 0.29) is 5.41 Å². The third-order valence-corrected chi connectivity index (χ3v) is 4.19. The van der Waals surface area contributed by atoms with Crippen molar-refractivity contribution in [3.63, 3.8) is 0 Å². The van der Waals surface area contributed by atoms with E-state index in [1.54, 1.807) is 6.08 Å². The first-order valence-corrected chi connectivity index (χ1v) is 7.89. The van der Waals surface area contributed by atoms with Crippen molar-refractivity contribution in [3.8, 4) is 0 Å². The number of aliphatic imine (C=N–C) groups is 1. The molecule has 1 unspecified atom stereocenters. The second-order valence-corrected chi connectivity index (χ2v) is 6.06. The molecule has 2 aromatic rings. The smallest absolute Gasteiger partial charge is 0.204 e. The SMILES string of the molecule is C=CCN=C1OC(c2ccc(Cl)cc2)=CC1(C)c1ccccc1. The summed E-state index contributed by atoms with van der Waals surface area (Å²) in [6.45, 7) is 6.38. The lowest BCUT2D eigenvalue weighted by Gasteiger charge is -2.21. The molecule has 116 valence electrons. The zero-order valence-electron chi connectivity index (χ0n) is 13.0. The van der Waals surface area contributed by atoms with Gasteiger partial charge in [0.15, 0.2) is 0 Å². The van der Waals surface area contributed by atoms with Crippen molar-refractivity contribution in [1.82, 2.24) is 0 Å². The summed E-state index contributed by atoms with van der Waals surface area (Å²) >= 11 is 5.97. The van der Waals surface area contributed by atoms with E-state index in [0.29, 0.717) is 17.5 Å². The molecule has 0 aromatic heterocycles. The first-order valence-electron chi connectivity index (χ1n) is 7.51. The Morgan fingerprint density at radius 1 is 1.13 bits per heavy atom. The molecular formula is C20H18ClNO. The molecule has 1 atom stereocenters. The molecule has 0 radical (unpaired) electrons. The molecule has 2 aromatic carbocycles. The maximum absolute atomic E-state index is 6.08. The molecule has 3 rings (SSSR count). The average Bonchev–Trinajstić information content (AvgIpc) is 2.92. The van der Waals surface area contributed by atoms with E-state index in [2.05, 4.69) is 36.7 Å². The lowest BCUT2D eigenvalue weighted by Crippen LogP contribution is -2.27. The topological polar surface area (TPSA) is 21.6 Å². The second kappa shape index (κ2) is 6.43. The molecule has 23 heavy (non-hydrogen) atoms. The van der Waals surface area contributed by atoms with Crippen LogP contribution in [0.25, 0.3) is 5.76 Å². The minimum absolute atomic E-state index is 0.390. The van der Waals surface area contributed by atoms with Crippen LogP contribution in [0, 0.1) is 0 Å². The van der Waals surface area contributed by atoms with Crippen LogP contribution >= 0.6 is 11.6 Å². The van der Waals surface area contributed by atoms with Crippen LogP contribution in [0.15, 0.2) is 78.3 Å². The number of nitrogens with zero attached hydrogens (tertiary/aromatic N) is 1. The Bertz CT molecular complexity index is 762. The van der Waals surface area contributed by atoms with E-state index in [4.69, 9.17) is 16.3 Å². The summed E-state index contributed by atoms with van der Waals surface area (Å²) in [4.78, 5) is 4.56. The summed E-state index contributed by atoms with van der Waals surface area (Å²) in [6, 6.07) is 17.9. The summed E-state index contributed by atoms with van der Waals surface area (Å²) in [7, 11) is 0. The van der Waals surface area contributed by atoms with Gasteiger partial charge in [0.05, 0.1) is 12.0 Å². The predicted molar refractivity (Wildman–Crippen MR) is 96.8 cm³/mol. The van der Waals surface area contributed by atoms with E-state index < -0.39 is 0 Å². The Morgan fingerprint density at radius 3 is 2.48 bits per heavy atom. The van der Waals surface area contributed by atoms with E-state index in [9.17, 15) is 0 Å². The van der Waals surface area contributed by atoms with Gasteiger partial charge in [-0.3, -0.25) is 4.99 Å². The number of rotatable bonds is 4. The minimum atomic E-state index is -0.390. The highest BCUT2D eigenvalue weighted by atomic mass is 35.5. The van der Waals surface area contributed by atoms with Gasteiger partial charge < -0.3 is 4.74 Å². The number of hydrogen-bond donors (Lipinski definition) is 0. The van der Waals surface area contributed by atoms with Crippen LogP contribution in [0.2, 0.25) is 5.02 Å². The largest absolute Gasteiger partial charge is 0.442 e. The van der Waals surface area contributed by atoms with Crippen molar-refractivity contribution in [2.75, 3.05) is 6.54 Å². The molecule has 0 spiro atoms. The first kappa shape index (κ1) is 15.6. The lowest BCUT2D eigenvalue weighted by molar-refractivity contribution is 0.491. The molecule has 0 amide bonds. The van der Waals surface area contributed by atoms with Crippen LogP contribution < -0.4 is 0 Å². The fraction of sp³-hybridized carbons (Fsp3) is 0.150. The van der Waals surface area contributed by atoms with Gasteiger partial charge in [0, 0.05) is 10.6 Å². The Morgan fingerprint density at radius 2 is 1.83 bits per heavy atom. The Labute approximate surface area is 141 Å². The van der Waals surface area contributed by atoms with Gasteiger partial charge in [-0.05, 0) is 42.8 Å². The molecule has 0 saturated carbocycles. The molecule has 0 aliphatic carbocycles. The molecule has 3 heteroatoms. The summed E-state index contributed by atoms with van der Waals surface area (Å²) in [5, 5.41) is 0.707. The van der Waals surface area contributed by atoms with Crippen molar-refractivity contribution in [2.45, 2.75) is 12.3 Å². The third kappa shape index (κ3) is 3.08. The summed E-state index contributed by atoms with van der Waals surface area (Å²) in [6.07, 6.45) is 3.88. The van der Waals surface area contributed by atoms with Crippen molar-refractivity contribution < 1.29 is 4.74 Å². The zero-order chi connectivity index (χ0) is 16.3. The fourth-order valence-corrected chi connectivity index (χ4v) is 2.78. The molecule has 1 heterocycles. The predicted octanol–water partition coefficient (Wildman–Crippen LogP) is 5.25. The van der Waals surface area contributed by atoms with Gasteiger partial charge in [-0.1, -0.05) is 48.0 Å². The van der Waals surface area contributed by atoms with Gasteiger partial charge in [0.1, 0.15) is 5.76 Å². The lowest BCUT2D eigenvalue weighted by atomic mass is 9.82. The maximum atomic E-state index is 6.08. The fourth-order valence-electron chi connectivity index (χ4n) is 2.66. The van der Waals surface area contributed by atoms with E-state index >= 15 is 0 Å². The van der Waals surface area contributed by atoms with Crippen LogP contribution in [-0.2, 0) is 10.2 Å². The Kier molecular flexibility index (Phi) is 4.35. The number of benzene rings is 2. The van der Waals surface area contributed by atoms with E-state index in [1.165, 1.54) is 0 Å². The highest BCUT2D eigenvalue weighted by molar-refractivity contribution is 6.30. The molecule has 0 saturated heterocycles. The van der Waals surface area contributed by atoms with E-state index in [0.717, 1.165) is 16.9 Å². The quantitative estimate of drug-likeness (QED) is 0.704. The van der Waals surface area contributed by atoms with Gasteiger partial charge in [0.25, 0.3) is 0 Å². The van der Waals surface area contributed by atoms with Gasteiger partial charge in [-0.25, -0.2) is 0 Å². The van der Waals surface area contributed by atoms with Gasteiger partial charge >= 0.3 is 0 Å². The molecule has 0 bridgehead atoms. The Hall–Kier alpha value is -2.32. The highest BCUT2D eigenvalue weighted by Crippen LogP contribution is 2.39. The standard InChI is InChI=1S/C20H18ClNO/c1-3-13-22-19-20(2,16-7-5-4-6-8-16)14-18(23-19)15-9-11-17(21)12-10-15/h3-12,14H,1,13H2,2H3. The normalized spacial score (nSPS) is 21.8. The maximum Gasteiger partial charge on any atom is 0.204 e. The molecule has 2 nitrogen and oxygen atoms in total. The van der Waals surface area contributed by atoms with E-state index in [1.807, 2.05) is 42.5 Å². The highest BCUT2D eigenvalue weighted by Gasteiger charge is 2.39. The molecule has 0 N–H and O–H groups in total. The van der Waals surface area contributed by atoms with Crippen LogP contribution in [0.4, 0.5) is 0 Å². The Balaban J connectivity index is 2.05. The number of halogens is 1. The van der Waals surface area contributed by atoms with Crippen LogP contribution in [0.1, 0.15) is 18.1 Å². The average molecular weight is 324 g/mol. The van der Waals surface area contributed by atoms with Crippen LogP contribution in [-0.4, -0.2) is 12.4 Å². The van der Waals surface area contributed by atoms with Crippen LogP contribution in [0.5, 0.6) is 0 Å². The van der Waals surface area contributed by atoms with Crippen molar-refractivity contribution in [3.05, 3.63) is 89.5 Å². The summed E-state index contributed by atoms with van der Waals surface area (Å²) in [5.41, 5.74) is 1.74. The minimum Gasteiger partial charge on any atom is -0.442 e. The molecule has 1 aliphatic heterocycles. The summed E-state index contributed by atoms with van der Waals surface area (Å²) in [5.74, 6) is 1.49. The molecule has 1 aliphatic rings. The van der Waals surface area contributed by atoms with Gasteiger partial charge in [0.2, 0.25) is 5.90 Å². The zero-order valence-corrected chi connectivity index (χ0v) is 13.8.